The zero-order valence-electron chi connectivity index (χ0n) is 17.5. The van der Waals surface area contributed by atoms with Crippen LogP contribution in [0.4, 0.5) is 17.3 Å². The van der Waals surface area contributed by atoms with Crippen LogP contribution in [0.3, 0.4) is 0 Å². The van der Waals surface area contributed by atoms with Gasteiger partial charge in [-0.2, -0.15) is 0 Å². The summed E-state index contributed by atoms with van der Waals surface area (Å²) in [6.07, 6.45) is 2.77. The molecule has 0 spiro atoms. The van der Waals surface area contributed by atoms with E-state index in [0.717, 1.165) is 54.0 Å². The first-order valence-electron chi connectivity index (χ1n) is 10.1. The number of methoxy groups -OCH3 is 1. The van der Waals surface area contributed by atoms with Crippen molar-refractivity contribution in [2.45, 2.75) is 26.8 Å². The number of anilines is 3. The molecule has 1 aliphatic rings. The Balaban J connectivity index is 1.67. The van der Waals surface area contributed by atoms with Crippen LogP contribution in [0.2, 0.25) is 0 Å². The lowest BCUT2D eigenvalue weighted by Gasteiger charge is -2.25. The monoisotopic (exact) mass is 392 g/mol. The molecular weight excluding hydrogens is 364 g/mol. The summed E-state index contributed by atoms with van der Waals surface area (Å²) >= 11 is 0. The number of benzene rings is 1. The van der Waals surface area contributed by atoms with Gasteiger partial charge in [-0.05, 0) is 30.7 Å². The number of ether oxygens (including phenoxy) is 1. The van der Waals surface area contributed by atoms with E-state index in [4.69, 9.17) is 14.7 Å². The first-order valence-corrected chi connectivity index (χ1v) is 10.1. The predicted octanol–water partition coefficient (Wildman–Crippen LogP) is 3.83. The largest absolute Gasteiger partial charge is 0.480 e. The van der Waals surface area contributed by atoms with Crippen LogP contribution in [0, 0.1) is 5.92 Å². The number of nitrogens with zero attached hydrogens (tertiary/aromatic N) is 4. The van der Waals surface area contributed by atoms with Gasteiger partial charge < -0.3 is 20.3 Å². The van der Waals surface area contributed by atoms with Crippen LogP contribution in [0.15, 0.2) is 30.5 Å². The summed E-state index contributed by atoms with van der Waals surface area (Å²) in [5.41, 5.74) is 5.01. The highest BCUT2D eigenvalue weighted by Crippen LogP contribution is 2.30. The van der Waals surface area contributed by atoms with Gasteiger partial charge >= 0.3 is 0 Å². The van der Waals surface area contributed by atoms with Gasteiger partial charge in [0.05, 0.1) is 24.0 Å². The maximum absolute atomic E-state index is 5.53. The zero-order chi connectivity index (χ0) is 20.4. The quantitative estimate of drug-likeness (QED) is 0.660. The number of hydrogen-bond acceptors (Lipinski definition) is 7. The van der Waals surface area contributed by atoms with E-state index in [2.05, 4.69) is 53.5 Å². The van der Waals surface area contributed by atoms with E-state index in [1.54, 1.807) is 7.11 Å². The summed E-state index contributed by atoms with van der Waals surface area (Å²) in [7, 11) is 3.77. The highest BCUT2D eigenvalue weighted by molar-refractivity contribution is 5.90. The Labute approximate surface area is 171 Å². The molecule has 0 saturated carbocycles. The standard InChI is InChI=1S/C22H28N6O/c1-14(2)11-23-18-7-5-6-15-12-24-22(27-20(15)18)26-19-10-16-13-28(3)9-8-17(16)25-21(19)29-4/h5-7,10,12,14,23H,8-9,11,13H2,1-4H3,(H,24,26,27). The molecule has 0 fully saturated rings. The number of likely N-dealkylation sites (N-methyl/N-ethyl adjacent to an activating group) is 1. The summed E-state index contributed by atoms with van der Waals surface area (Å²) in [6, 6.07) is 8.20. The summed E-state index contributed by atoms with van der Waals surface area (Å²) < 4.78 is 5.53. The smallest absolute Gasteiger partial charge is 0.237 e. The molecule has 0 amide bonds. The minimum Gasteiger partial charge on any atom is -0.480 e. The lowest BCUT2D eigenvalue weighted by atomic mass is 10.1. The molecule has 7 heteroatoms. The number of rotatable bonds is 6. The lowest BCUT2D eigenvalue weighted by molar-refractivity contribution is 0.307. The van der Waals surface area contributed by atoms with E-state index in [1.807, 2.05) is 18.3 Å². The minimum absolute atomic E-state index is 0.528. The molecule has 7 nitrogen and oxygen atoms in total. The molecule has 3 aromatic rings. The maximum atomic E-state index is 5.53. The third-order valence-electron chi connectivity index (χ3n) is 5.08. The third-order valence-corrected chi connectivity index (χ3v) is 5.08. The van der Waals surface area contributed by atoms with Gasteiger partial charge in [-0.25, -0.2) is 15.0 Å². The van der Waals surface area contributed by atoms with E-state index in [-0.39, 0.29) is 0 Å². The van der Waals surface area contributed by atoms with Gasteiger partial charge in [-0.15, -0.1) is 0 Å². The van der Waals surface area contributed by atoms with Gasteiger partial charge in [0.2, 0.25) is 11.8 Å². The second-order valence-electron chi connectivity index (χ2n) is 7.98. The Kier molecular flexibility index (Phi) is 5.49. The topological polar surface area (TPSA) is 75.2 Å². The second kappa shape index (κ2) is 8.21. The van der Waals surface area contributed by atoms with Gasteiger partial charge in [-0.3, -0.25) is 0 Å². The number of aromatic nitrogens is 3. The fraction of sp³-hybridized carbons (Fsp3) is 0.409. The van der Waals surface area contributed by atoms with E-state index < -0.39 is 0 Å². The fourth-order valence-electron chi connectivity index (χ4n) is 3.53. The van der Waals surface area contributed by atoms with Crippen molar-refractivity contribution in [3.8, 4) is 5.88 Å². The van der Waals surface area contributed by atoms with Gasteiger partial charge in [0.15, 0.2) is 0 Å². The molecule has 2 N–H and O–H groups in total. The summed E-state index contributed by atoms with van der Waals surface area (Å²) in [4.78, 5) is 16.3. The molecule has 0 unspecified atom stereocenters. The number of hydrogen-bond donors (Lipinski definition) is 2. The average molecular weight is 393 g/mol. The molecule has 0 atom stereocenters. The van der Waals surface area contributed by atoms with Crippen LogP contribution in [-0.2, 0) is 13.0 Å². The molecule has 0 radical (unpaired) electrons. The van der Waals surface area contributed by atoms with Crippen molar-refractivity contribution in [3.63, 3.8) is 0 Å². The van der Waals surface area contributed by atoms with Crippen LogP contribution < -0.4 is 15.4 Å². The van der Waals surface area contributed by atoms with Crippen molar-refractivity contribution < 1.29 is 4.74 Å². The van der Waals surface area contributed by atoms with Crippen LogP contribution in [0.5, 0.6) is 5.88 Å². The van der Waals surface area contributed by atoms with Crippen molar-refractivity contribution in [1.82, 2.24) is 19.9 Å². The van der Waals surface area contributed by atoms with Crippen molar-refractivity contribution in [2.24, 2.45) is 5.92 Å². The van der Waals surface area contributed by atoms with E-state index in [1.165, 1.54) is 5.56 Å². The van der Waals surface area contributed by atoms with E-state index >= 15 is 0 Å². The van der Waals surface area contributed by atoms with Crippen molar-refractivity contribution in [2.75, 3.05) is 37.9 Å². The average Bonchev–Trinajstić information content (AvgIpc) is 2.71. The van der Waals surface area contributed by atoms with Crippen LogP contribution in [-0.4, -0.2) is 47.1 Å². The first-order chi connectivity index (χ1) is 14.0. The van der Waals surface area contributed by atoms with Crippen molar-refractivity contribution in [3.05, 3.63) is 41.7 Å². The predicted molar refractivity (Wildman–Crippen MR) is 117 cm³/mol. The highest BCUT2D eigenvalue weighted by Gasteiger charge is 2.19. The molecule has 3 heterocycles. The summed E-state index contributed by atoms with van der Waals surface area (Å²) in [5, 5.41) is 7.80. The van der Waals surface area contributed by atoms with Crippen LogP contribution in [0.25, 0.3) is 10.9 Å². The highest BCUT2D eigenvalue weighted by atomic mass is 16.5. The summed E-state index contributed by atoms with van der Waals surface area (Å²) in [6.45, 7) is 7.15. The summed E-state index contributed by atoms with van der Waals surface area (Å²) in [5.74, 6) is 1.65. The molecule has 0 saturated heterocycles. The van der Waals surface area contributed by atoms with Crippen LogP contribution >= 0.6 is 0 Å². The maximum Gasteiger partial charge on any atom is 0.237 e. The first kappa shape index (κ1) is 19.4. The Hall–Kier alpha value is -2.93. The molecule has 1 aromatic carbocycles. The molecule has 0 aliphatic carbocycles. The zero-order valence-corrected chi connectivity index (χ0v) is 17.5. The van der Waals surface area contributed by atoms with E-state index in [9.17, 15) is 0 Å². The molecule has 152 valence electrons. The Bertz CT molecular complexity index is 1020. The Morgan fingerprint density at radius 3 is 2.86 bits per heavy atom. The molecule has 29 heavy (non-hydrogen) atoms. The molecule has 4 rings (SSSR count). The lowest BCUT2D eigenvalue weighted by Crippen LogP contribution is -2.27. The van der Waals surface area contributed by atoms with Crippen LogP contribution in [0.1, 0.15) is 25.1 Å². The SMILES string of the molecule is COc1nc2c(cc1Nc1ncc3cccc(NCC(C)C)c3n1)CN(C)CC2. The van der Waals surface area contributed by atoms with Crippen molar-refractivity contribution in [1.29, 1.82) is 0 Å². The fourth-order valence-corrected chi connectivity index (χ4v) is 3.53. The molecular formula is C22H28N6O. The normalized spacial score (nSPS) is 14.1. The molecule has 1 aliphatic heterocycles. The number of para-hydroxylation sites is 1. The van der Waals surface area contributed by atoms with Gasteiger partial charge in [0.1, 0.15) is 5.69 Å². The number of fused-ring (bicyclic) bond motifs is 2. The number of nitrogens with one attached hydrogen (secondary N) is 2. The van der Waals surface area contributed by atoms with Gasteiger partial charge in [0.25, 0.3) is 0 Å². The third kappa shape index (κ3) is 4.24. The minimum atomic E-state index is 0.528. The molecule has 0 bridgehead atoms. The van der Waals surface area contributed by atoms with E-state index in [0.29, 0.717) is 17.7 Å². The Morgan fingerprint density at radius 2 is 2.07 bits per heavy atom. The van der Waals surface area contributed by atoms with Crippen molar-refractivity contribution >= 4 is 28.2 Å². The Morgan fingerprint density at radius 1 is 1.21 bits per heavy atom. The van der Waals surface area contributed by atoms with Gasteiger partial charge in [0, 0.05) is 37.6 Å². The number of pyridine rings is 1. The molecule has 2 aromatic heterocycles. The second-order valence-corrected chi connectivity index (χ2v) is 7.98. The van der Waals surface area contributed by atoms with Gasteiger partial charge in [-0.1, -0.05) is 26.0 Å².